The van der Waals surface area contributed by atoms with Crippen molar-refractivity contribution in [1.82, 2.24) is 9.97 Å². The zero-order valence-corrected chi connectivity index (χ0v) is 10.3. The van der Waals surface area contributed by atoms with Crippen LogP contribution in [0.3, 0.4) is 0 Å². The molecule has 2 aromatic rings. The average molecular weight is 233 g/mol. The molecular formula is C12H15N3S. The first-order valence-corrected chi connectivity index (χ1v) is 6.11. The quantitative estimate of drug-likeness (QED) is 0.885. The predicted molar refractivity (Wildman–Crippen MR) is 67.4 cm³/mol. The molecule has 1 unspecified atom stereocenters. The molecule has 2 rings (SSSR count). The molecule has 0 saturated heterocycles. The van der Waals surface area contributed by atoms with Crippen LogP contribution >= 0.6 is 11.3 Å². The molecule has 1 atom stereocenters. The Labute approximate surface area is 99.4 Å². The van der Waals surface area contributed by atoms with Gasteiger partial charge >= 0.3 is 0 Å². The molecule has 0 spiro atoms. The molecule has 16 heavy (non-hydrogen) atoms. The molecule has 0 radical (unpaired) electrons. The van der Waals surface area contributed by atoms with Gasteiger partial charge in [0.1, 0.15) is 5.01 Å². The van der Waals surface area contributed by atoms with Crippen LogP contribution in [0.2, 0.25) is 0 Å². The number of nitrogens with zero attached hydrogens (tertiary/aromatic N) is 2. The first kappa shape index (κ1) is 11.2. The zero-order chi connectivity index (χ0) is 11.5. The molecule has 4 heteroatoms. The zero-order valence-electron chi connectivity index (χ0n) is 9.47. The maximum atomic E-state index is 5.80. The minimum atomic E-state index is 0.177. The summed E-state index contributed by atoms with van der Waals surface area (Å²) in [6, 6.07) is 6.04. The summed E-state index contributed by atoms with van der Waals surface area (Å²) in [6.07, 6.45) is 2.67. The molecule has 0 aliphatic heterocycles. The summed E-state index contributed by atoms with van der Waals surface area (Å²) in [7, 11) is 0. The number of aryl methyl sites for hydroxylation is 1. The van der Waals surface area contributed by atoms with E-state index >= 15 is 0 Å². The van der Waals surface area contributed by atoms with Crippen molar-refractivity contribution >= 4 is 11.3 Å². The Morgan fingerprint density at radius 2 is 2.25 bits per heavy atom. The Morgan fingerprint density at radius 1 is 1.44 bits per heavy atom. The van der Waals surface area contributed by atoms with Crippen LogP contribution in [0.4, 0.5) is 0 Å². The molecule has 0 bridgehead atoms. The monoisotopic (exact) mass is 233 g/mol. The summed E-state index contributed by atoms with van der Waals surface area (Å²) < 4.78 is 0. The van der Waals surface area contributed by atoms with Crippen molar-refractivity contribution in [2.45, 2.75) is 26.3 Å². The van der Waals surface area contributed by atoms with E-state index in [1.165, 1.54) is 4.88 Å². The van der Waals surface area contributed by atoms with Crippen molar-refractivity contribution in [2.24, 2.45) is 5.73 Å². The molecule has 0 aliphatic rings. The Balaban J connectivity index is 2.31. The fourth-order valence-electron chi connectivity index (χ4n) is 1.51. The topological polar surface area (TPSA) is 51.8 Å². The van der Waals surface area contributed by atoms with Crippen LogP contribution < -0.4 is 5.73 Å². The molecule has 0 saturated carbocycles. The van der Waals surface area contributed by atoms with Crippen molar-refractivity contribution in [1.29, 1.82) is 0 Å². The fourth-order valence-corrected chi connectivity index (χ4v) is 2.69. The maximum absolute atomic E-state index is 5.80. The second-order valence-corrected chi connectivity index (χ2v) is 5.01. The van der Waals surface area contributed by atoms with Crippen molar-refractivity contribution in [3.05, 3.63) is 35.0 Å². The van der Waals surface area contributed by atoms with Crippen LogP contribution in [0, 0.1) is 6.92 Å². The summed E-state index contributed by atoms with van der Waals surface area (Å²) in [4.78, 5) is 10.1. The minimum absolute atomic E-state index is 0.177. The van der Waals surface area contributed by atoms with Gasteiger partial charge in [0.25, 0.3) is 0 Å². The number of aromatic nitrogens is 2. The predicted octanol–water partition coefficient (Wildman–Crippen LogP) is 2.40. The lowest BCUT2D eigenvalue weighted by Gasteiger charge is -2.01. The summed E-state index contributed by atoms with van der Waals surface area (Å²) in [5, 5.41) is 0.980. The van der Waals surface area contributed by atoms with Gasteiger partial charge in [0, 0.05) is 17.1 Å². The first-order chi connectivity index (χ1) is 7.66. The standard InChI is InChI=1S/C12H15N3S/c1-8(13)7-11-9(2)15-12(16-11)10-5-3-4-6-14-10/h3-6,8H,7,13H2,1-2H3. The number of hydrogen-bond donors (Lipinski definition) is 1. The smallest absolute Gasteiger partial charge is 0.142 e. The molecule has 2 aromatic heterocycles. The molecule has 84 valence electrons. The van der Waals surface area contributed by atoms with E-state index in [1.54, 1.807) is 17.5 Å². The van der Waals surface area contributed by atoms with Crippen LogP contribution in [0.1, 0.15) is 17.5 Å². The van der Waals surface area contributed by atoms with Gasteiger partial charge in [0.05, 0.1) is 11.4 Å². The largest absolute Gasteiger partial charge is 0.328 e. The highest BCUT2D eigenvalue weighted by Gasteiger charge is 2.11. The fraction of sp³-hybridized carbons (Fsp3) is 0.333. The maximum Gasteiger partial charge on any atom is 0.142 e. The Hall–Kier alpha value is -1.26. The number of nitrogens with two attached hydrogens (primary N) is 1. The van der Waals surface area contributed by atoms with Crippen molar-refractivity contribution in [2.75, 3.05) is 0 Å². The lowest BCUT2D eigenvalue weighted by Crippen LogP contribution is -2.17. The second-order valence-electron chi connectivity index (χ2n) is 3.92. The number of hydrogen-bond acceptors (Lipinski definition) is 4. The molecule has 2 heterocycles. The van der Waals surface area contributed by atoms with Crippen molar-refractivity contribution in [3.8, 4) is 10.7 Å². The normalized spacial score (nSPS) is 12.7. The Kier molecular flexibility index (Phi) is 3.31. The SMILES string of the molecule is Cc1nc(-c2ccccn2)sc1CC(C)N. The van der Waals surface area contributed by atoms with Gasteiger partial charge in [-0.2, -0.15) is 0 Å². The molecule has 0 fully saturated rings. The van der Waals surface area contributed by atoms with Gasteiger partial charge in [-0.1, -0.05) is 6.07 Å². The third-order valence-corrected chi connectivity index (χ3v) is 3.49. The molecule has 2 N–H and O–H groups in total. The summed E-state index contributed by atoms with van der Waals surface area (Å²) >= 11 is 1.69. The van der Waals surface area contributed by atoms with E-state index < -0.39 is 0 Å². The Morgan fingerprint density at radius 3 is 2.88 bits per heavy atom. The second kappa shape index (κ2) is 4.72. The van der Waals surface area contributed by atoms with Crippen LogP contribution in [0.25, 0.3) is 10.7 Å². The molecule has 3 nitrogen and oxygen atoms in total. The summed E-state index contributed by atoms with van der Waals surface area (Å²) in [6.45, 7) is 4.04. The molecule has 0 aliphatic carbocycles. The van der Waals surface area contributed by atoms with Gasteiger partial charge < -0.3 is 5.73 Å². The summed E-state index contributed by atoms with van der Waals surface area (Å²) in [5.74, 6) is 0. The third kappa shape index (κ3) is 2.46. The number of pyridine rings is 1. The van der Waals surface area contributed by atoms with Crippen LogP contribution in [-0.4, -0.2) is 16.0 Å². The van der Waals surface area contributed by atoms with Crippen LogP contribution in [0.5, 0.6) is 0 Å². The van der Waals surface area contributed by atoms with E-state index in [-0.39, 0.29) is 6.04 Å². The molecule has 0 amide bonds. The van der Waals surface area contributed by atoms with E-state index in [2.05, 4.69) is 9.97 Å². The molecular weight excluding hydrogens is 218 g/mol. The highest BCUT2D eigenvalue weighted by Crippen LogP contribution is 2.26. The first-order valence-electron chi connectivity index (χ1n) is 5.30. The van der Waals surface area contributed by atoms with Gasteiger partial charge in [0.15, 0.2) is 0 Å². The third-order valence-electron chi connectivity index (χ3n) is 2.28. The number of rotatable bonds is 3. The Bertz CT molecular complexity index is 462. The van der Waals surface area contributed by atoms with Crippen LogP contribution in [0.15, 0.2) is 24.4 Å². The lowest BCUT2D eigenvalue weighted by atomic mass is 10.2. The lowest BCUT2D eigenvalue weighted by molar-refractivity contribution is 0.742. The molecule has 0 aromatic carbocycles. The van der Waals surface area contributed by atoms with Crippen molar-refractivity contribution in [3.63, 3.8) is 0 Å². The van der Waals surface area contributed by atoms with E-state index in [0.29, 0.717) is 0 Å². The van der Waals surface area contributed by atoms with E-state index in [4.69, 9.17) is 5.73 Å². The van der Waals surface area contributed by atoms with Crippen LogP contribution in [-0.2, 0) is 6.42 Å². The van der Waals surface area contributed by atoms with E-state index in [0.717, 1.165) is 22.8 Å². The average Bonchev–Trinajstić information content (AvgIpc) is 2.61. The van der Waals surface area contributed by atoms with Gasteiger partial charge in [0.2, 0.25) is 0 Å². The van der Waals surface area contributed by atoms with Gasteiger partial charge in [-0.3, -0.25) is 4.98 Å². The number of thiazole rings is 1. The van der Waals surface area contributed by atoms with Crippen molar-refractivity contribution < 1.29 is 0 Å². The minimum Gasteiger partial charge on any atom is -0.328 e. The van der Waals surface area contributed by atoms with Gasteiger partial charge in [-0.25, -0.2) is 4.98 Å². The highest BCUT2D eigenvalue weighted by molar-refractivity contribution is 7.15. The van der Waals surface area contributed by atoms with E-state index in [9.17, 15) is 0 Å². The summed E-state index contributed by atoms with van der Waals surface area (Å²) in [5.41, 5.74) is 7.81. The van der Waals surface area contributed by atoms with E-state index in [1.807, 2.05) is 32.0 Å². The van der Waals surface area contributed by atoms with Gasteiger partial charge in [-0.05, 0) is 32.4 Å². The highest BCUT2D eigenvalue weighted by atomic mass is 32.1. The van der Waals surface area contributed by atoms with Gasteiger partial charge in [-0.15, -0.1) is 11.3 Å².